The van der Waals surface area contributed by atoms with Gasteiger partial charge in [0.15, 0.2) is 0 Å². The zero-order chi connectivity index (χ0) is 14.5. The van der Waals surface area contributed by atoms with E-state index in [1.807, 2.05) is 25.1 Å². The summed E-state index contributed by atoms with van der Waals surface area (Å²) in [7, 11) is 0. The Labute approximate surface area is 121 Å². The summed E-state index contributed by atoms with van der Waals surface area (Å²) in [6.07, 6.45) is -0.108. The molecule has 2 rings (SSSR count). The third-order valence-electron chi connectivity index (χ3n) is 3.72. The maximum absolute atomic E-state index is 6.45. The molecule has 0 bridgehead atoms. The highest BCUT2D eigenvalue weighted by Gasteiger charge is 2.21. The standard InChI is InChI=1S/C18H23NO/c1-4-20-18(15-8-6-5-7-9-15)17(19)16-11-10-13(2)14(3)12-16/h5-12,17-18H,4,19H2,1-3H3. The van der Waals surface area contributed by atoms with E-state index in [-0.39, 0.29) is 12.1 Å². The molecule has 2 aromatic rings. The van der Waals surface area contributed by atoms with Gasteiger partial charge in [0.05, 0.1) is 6.04 Å². The fourth-order valence-corrected chi connectivity index (χ4v) is 2.38. The lowest BCUT2D eigenvalue weighted by Crippen LogP contribution is -2.22. The van der Waals surface area contributed by atoms with Crippen molar-refractivity contribution in [1.29, 1.82) is 0 Å². The van der Waals surface area contributed by atoms with Crippen LogP contribution in [0.25, 0.3) is 0 Å². The minimum absolute atomic E-state index is 0.108. The molecule has 0 aliphatic rings. The van der Waals surface area contributed by atoms with Gasteiger partial charge in [-0.15, -0.1) is 0 Å². The maximum atomic E-state index is 6.45. The van der Waals surface area contributed by atoms with Gasteiger partial charge in [-0.2, -0.15) is 0 Å². The summed E-state index contributed by atoms with van der Waals surface area (Å²) >= 11 is 0. The Bertz CT molecular complexity index is 551. The molecule has 0 aliphatic heterocycles. The topological polar surface area (TPSA) is 35.2 Å². The third kappa shape index (κ3) is 3.27. The van der Waals surface area contributed by atoms with Gasteiger partial charge in [0, 0.05) is 6.61 Å². The fraction of sp³-hybridized carbons (Fsp3) is 0.333. The van der Waals surface area contributed by atoms with Crippen molar-refractivity contribution in [3.05, 3.63) is 70.8 Å². The van der Waals surface area contributed by atoms with Crippen molar-refractivity contribution in [3.8, 4) is 0 Å². The second kappa shape index (κ2) is 6.69. The van der Waals surface area contributed by atoms with E-state index in [1.54, 1.807) is 0 Å². The Hall–Kier alpha value is -1.64. The van der Waals surface area contributed by atoms with E-state index in [2.05, 4.69) is 44.2 Å². The predicted octanol–water partition coefficient (Wildman–Crippen LogP) is 4.08. The highest BCUT2D eigenvalue weighted by atomic mass is 16.5. The molecule has 2 nitrogen and oxygen atoms in total. The molecule has 106 valence electrons. The molecule has 2 aromatic carbocycles. The molecule has 0 saturated carbocycles. The van der Waals surface area contributed by atoms with Gasteiger partial charge in [0.25, 0.3) is 0 Å². The first-order valence-corrected chi connectivity index (χ1v) is 7.12. The SMILES string of the molecule is CCOC(c1ccccc1)C(N)c1ccc(C)c(C)c1. The number of aryl methyl sites for hydroxylation is 2. The summed E-state index contributed by atoms with van der Waals surface area (Å²) in [5.41, 5.74) is 11.2. The monoisotopic (exact) mass is 269 g/mol. The van der Waals surface area contributed by atoms with Crippen LogP contribution in [0.4, 0.5) is 0 Å². The van der Waals surface area contributed by atoms with Crippen LogP contribution in [0.1, 0.15) is 41.3 Å². The lowest BCUT2D eigenvalue weighted by molar-refractivity contribution is 0.0429. The van der Waals surface area contributed by atoms with Crippen molar-refractivity contribution >= 4 is 0 Å². The smallest absolute Gasteiger partial charge is 0.102 e. The Balaban J connectivity index is 2.31. The Kier molecular flexibility index (Phi) is 4.94. The zero-order valence-corrected chi connectivity index (χ0v) is 12.5. The van der Waals surface area contributed by atoms with Gasteiger partial charge in [-0.3, -0.25) is 0 Å². The number of rotatable bonds is 5. The fourth-order valence-electron chi connectivity index (χ4n) is 2.38. The predicted molar refractivity (Wildman–Crippen MR) is 83.7 cm³/mol. The van der Waals surface area contributed by atoms with Crippen LogP contribution in [0.2, 0.25) is 0 Å². The second-order valence-electron chi connectivity index (χ2n) is 5.16. The van der Waals surface area contributed by atoms with Crippen molar-refractivity contribution < 1.29 is 4.74 Å². The van der Waals surface area contributed by atoms with E-state index >= 15 is 0 Å². The van der Waals surface area contributed by atoms with Gasteiger partial charge in [0.1, 0.15) is 6.10 Å². The zero-order valence-electron chi connectivity index (χ0n) is 12.5. The van der Waals surface area contributed by atoms with Crippen LogP contribution < -0.4 is 5.73 Å². The summed E-state index contributed by atoms with van der Waals surface area (Å²) in [5, 5.41) is 0. The quantitative estimate of drug-likeness (QED) is 0.887. The van der Waals surface area contributed by atoms with E-state index in [1.165, 1.54) is 11.1 Å². The molecule has 20 heavy (non-hydrogen) atoms. The molecule has 0 amide bonds. The first kappa shape index (κ1) is 14.8. The van der Waals surface area contributed by atoms with Crippen molar-refractivity contribution in [1.82, 2.24) is 0 Å². The van der Waals surface area contributed by atoms with Crippen LogP contribution in [-0.2, 0) is 4.74 Å². The van der Waals surface area contributed by atoms with Gasteiger partial charge in [-0.25, -0.2) is 0 Å². The van der Waals surface area contributed by atoms with Gasteiger partial charge in [-0.05, 0) is 43.0 Å². The maximum Gasteiger partial charge on any atom is 0.102 e. The molecular formula is C18H23NO. The van der Waals surface area contributed by atoms with E-state index < -0.39 is 0 Å². The summed E-state index contributed by atoms with van der Waals surface area (Å²) < 4.78 is 5.89. The summed E-state index contributed by atoms with van der Waals surface area (Å²) in [4.78, 5) is 0. The number of hydrogen-bond acceptors (Lipinski definition) is 2. The van der Waals surface area contributed by atoms with Gasteiger partial charge >= 0.3 is 0 Å². The van der Waals surface area contributed by atoms with Crippen LogP contribution in [0, 0.1) is 13.8 Å². The lowest BCUT2D eigenvalue weighted by Gasteiger charge is -2.25. The average molecular weight is 269 g/mol. The van der Waals surface area contributed by atoms with E-state index in [4.69, 9.17) is 10.5 Å². The molecule has 2 heteroatoms. The lowest BCUT2D eigenvalue weighted by atomic mass is 9.94. The highest BCUT2D eigenvalue weighted by molar-refractivity contribution is 5.33. The summed E-state index contributed by atoms with van der Waals surface area (Å²) in [6.45, 7) is 6.88. The van der Waals surface area contributed by atoms with E-state index in [9.17, 15) is 0 Å². The van der Waals surface area contributed by atoms with Crippen molar-refractivity contribution in [2.45, 2.75) is 32.9 Å². The minimum Gasteiger partial charge on any atom is -0.372 e. The molecule has 0 heterocycles. The molecule has 2 N–H and O–H groups in total. The summed E-state index contributed by atoms with van der Waals surface area (Å²) in [6, 6.07) is 16.4. The van der Waals surface area contributed by atoms with Gasteiger partial charge in [0.2, 0.25) is 0 Å². The molecule has 0 aliphatic carbocycles. The first-order chi connectivity index (χ1) is 9.63. The van der Waals surface area contributed by atoms with Crippen LogP contribution in [-0.4, -0.2) is 6.61 Å². The van der Waals surface area contributed by atoms with Crippen LogP contribution in [0.15, 0.2) is 48.5 Å². The second-order valence-corrected chi connectivity index (χ2v) is 5.16. The molecule has 0 spiro atoms. The molecule has 0 saturated heterocycles. The molecule has 2 atom stereocenters. The van der Waals surface area contributed by atoms with Crippen LogP contribution in [0.3, 0.4) is 0 Å². The average Bonchev–Trinajstić information content (AvgIpc) is 2.48. The normalized spacial score (nSPS) is 14.0. The van der Waals surface area contributed by atoms with Crippen LogP contribution >= 0.6 is 0 Å². The highest BCUT2D eigenvalue weighted by Crippen LogP contribution is 2.30. The first-order valence-electron chi connectivity index (χ1n) is 7.12. The van der Waals surface area contributed by atoms with Gasteiger partial charge in [-0.1, -0.05) is 48.5 Å². The Morgan fingerprint density at radius 2 is 1.65 bits per heavy atom. The van der Waals surface area contributed by atoms with Crippen molar-refractivity contribution in [2.75, 3.05) is 6.61 Å². The number of ether oxygens (including phenoxy) is 1. The van der Waals surface area contributed by atoms with Gasteiger partial charge < -0.3 is 10.5 Å². The van der Waals surface area contributed by atoms with E-state index in [0.717, 1.165) is 11.1 Å². The summed E-state index contributed by atoms with van der Waals surface area (Å²) in [5.74, 6) is 0. The minimum atomic E-state index is -0.156. The Morgan fingerprint density at radius 3 is 2.25 bits per heavy atom. The third-order valence-corrected chi connectivity index (χ3v) is 3.72. The number of benzene rings is 2. The molecule has 0 radical (unpaired) electrons. The van der Waals surface area contributed by atoms with E-state index in [0.29, 0.717) is 6.61 Å². The molecular weight excluding hydrogens is 246 g/mol. The molecule has 0 aromatic heterocycles. The van der Waals surface area contributed by atoms with Crippen molar-refractivity contribution in [3.63, 3.8) is 0 Å². The molecule has 2 unspecified atom stereocenters. The number of hydrogen-bond donors (Lipinski definition) is 1. The largest absolute Gasteiger partial charge is 0.372 e. The van der Waals surface area contributed by atoms with Crippen molar-refractivity contribution in [2.24, 2.45) is 5.73 Å². The Morgan fingerprint density at radius 1 is 0.950 bits per heavy atom. The van der Waals surface area contributed by atoms with Crippen LogP contribution in [0.5, 0.6) is 0 Å². The number of nitrogens with two attached hydrogens (primary N) is 1. The molecule has 0 fully saturated rings.